The van der Waals surface area contributed by atoms with E-state index in [1.807, 2.05) is 158 Å². The van der Waals surface area contributed by atoms with Crippen LogP contribution in [0, 0.1) is 69.2 Å². The van der Waals surface area contributed by atoms with E-state index in [1.54, 1.807) is 0 Å². The number of pyridine rings is 4. The van der Waals surface area contributed by atoms with Gasteiger partial charge in [-0.15, -0.1) is 0 Å². The van der Waals surface area contributed by atoms with Gasteiger partial charge in [0.2, 0.25) is 0 Å². The van der Waals surface area contributed by atoms with Gasteiger partial charge in [0.25, 0.3) is 0 Å². The van der Waals surface area contributed by atoms with Crippen molar-refractivity contribution in [2.45, 2.75) is 138 Å². The molecule has 0 spiro atoms. The van der Waals surface area contributed by atoms with Gasteiger partial charge in [-0.2, -0.15) is 0 Å². The smallest absolute Gasteiger partial charge is 0.126 e. The average molecular weight is 937 g/mol. The monoisotopic (exact) mass is 937 g/mol. The van der Waals surface area contributed by atoms with Crippen LogP contribution in [0.4, 0.5) is 0 Å². The van der Waals surface area contributed by atoms with Crippen LogP contribution in [0.15, 0.2) is 146 Å². The van der Waals surface area contributed by atoms with Crippen molar-refractivity contribution in [3.05, 3.63) is 202 Å². The van der Waals surface area contributed by atoms with Crippen LogP contribution in [0.5, 0.6) is 0 Å². The molecule has 10 aromatic rings. The van der Waals surface area contributed by atoms with Crippen LogP contribution in [0.2, 0.25) is 0 Å². The Morgan fingerprint density at radius 1 is 0.300 bits per heavy atom. The first-order chi connectivity index (χ1) is 33.9. The van der Waals surface area contributed by atoms with E-state index in [0.29, 0.717) is 0 Å². The summed E-state index contributed by atoms with van der Waals surface area (Å²) in [5, 5.41) is 7.45. The van der Waals surface area contributed by atoms with E-state index >= 15 is 0 Å². The van der Waals surface area contributed by atoms with Crippen LogP contribution in [-0.2, 0) is 0 Å². The van der Waals surface area contributed by atoms with Crippen molar-refractivity contribution in [3.8, 4) is 0 Å². The highest BCUT2D eigenvalue weighted by atomic mass is 14.9. The lowest BCUT2D eigenvalue weighted by Gasteiger charge is -2.02. The average Bonchev–Trinajstić information content (AvgIpc) is 3.39. The first-order valence-electron chi connectivity index (χ1n) is 25.3. The number of benzene rings is 5. The van der Waals surface area contributed by atoms with Crippen molar-refractivity contribution in [1.82, 2.24) is 29.9 Å². The van der Waals surface area contributed by atoms with Crippen LogP contribution < -0.4 is 0 Å². The molecule has 6 nitrogen and oxygen atoms in total. The zero-order valence-electron chi connectivity index (χ0n) is 46.5. The Morgan fingerprint density at radius 3 is 1.44 bits per heavy atom. The quantitative estimate of drug-likeness (QED) is 0.151. The number of aryl methyl sites for hydroxylation is 10. The minimum absolute atomic E-state index is 0.839. The number of fused-ring (bicyclic) bond motifs is 5. The van der Waals surface area contributed by atoms with Gasteiger partial charge in [-0.05, 0) is 151 Å². The first kappa shape index (κ1) is 61.1. The summed E-state index contributed by atoms with van der Waals surface area (Å²) in [6, 6.07) is 43.7. The second-order valence-electron chi connectivity index (χ2n) is 15.4. The Bertz CT molecular complexity index is 2950. The van der Waals surface area contributed by atoms with E-state index in [-0.39, 0.29) is 0 Å². The van der Waals surface area contributed by atoms with Crippen molar-refractivity contribution in [3.63, 3.8) is 0 Å². The van der Waals surface area contributed by atoms with Crippen LogP contribution in [0.25, 0.3) is 54.4 Å². The Balaban J connectivity index is 0.000000418. The predicted molar refractivity (Wildman–Crippen MR) is 311 cm³/mol. The van der Waals surface area contributed by atoms with Crippen molar-refractivity contribution >= 4 is 54.4 Å². The molecule has 0 aliphatic carbocycles. The fraction of sp³-hybridized carbons (Fsp3) is 0.312. The summed E-state index contributed by atoms with van der Waals surface area (Å²) in [6.45, 7) is 40.6. The lowest BCUT2D eigenvalue weighted by molar-refractivity contribution is 1.05. The number of aromatic nitrogens is 6. The molecule has 0 saturated carbocycles. The molecule has 0 unspecified atom stereocenters. The second-order valence-corrected chi connectivity index (χ2v) is 15.4. The third kappa shape index (κ3) is 18.9. The van der Waals surface area contributed by atoms with Gasteiger partial charge < -0.3 is 0 Å². The minimum atomic E-state index is 0.839. The maximum absolute atomic E-state index is 4.42. The highest BCUT2D eigenvalue weighted by Gasteiger charge is 2.01. The van der Waals surface area contributed by atoms with Crippen molar-refractivity contribution < 1.29 is 0 Å². The molecule has 0 N–H and O–H groups in total. The summed E-state index contributed by atoms with van der Waals surface area (Å²) >= 11 is 0. The number of hydrogen-bond acceptors (Lipinski definition) is 6. The van der Waals surface area contributed by atoms with Gasteiger partial charge in [0.1, 0.15) is 5.82 Å². The molecule has 0 radical (unpaired) electrons. The zero-order valence-corrected chi connectivity index (χ0v) is 46.5. The highest BCUT2D eigenvalue weighted by molar-refractivity contribution is 5.87. The van der Waals surface area contributed by atoms with Gasteiger partial charge >= 0.3 is 0 Å². The van der Waals surface area contributed by atoms with E-state index in [2.05, 4.69) is 156 Å². The number of nitrogens with zero attached hydrogens (tertiary/aromatic N) is 6. The van der Waals surface area contributed by atoms with Crippen molar-refractivity contribution in [2.24, 2.45) is 0 Å². The van der Waals surface area contributed by atoms with Crippen LogP contribution >= 0.6 is 0 Å². The van der Waals surface area contributed by atoms with E-state index in [9.17, 15) is 0 Å². The maximum Gasteiger partial charge on any atom is 0.126 e. The molecular weight excluding hydrogens is 853 g/mol. The molecule has 6 heteroatoms. The molecule has 0 bridgehead atoms. The van der Waals surface area contributed by atoms with Crippen LogP contribution in [-0.4, -0.2) is 29.9 Å². The molecule has 0 saturated heterocycles. The Morgan fingerprint density at radius 2 is 0.814 bits per heavy atom. The number of para-hydroxylation sites is 1. The van der Waals surface area contributed by atoms with Gasteiger partial charge in [0.05, 0.1) is 22.1 Å². The van der Waals surface area contributed by atoms with E-state index in [1.165, 1.54) is 60.3 Å². The molecule has 70 heavy (non-hydrogen) atoms. The largest absolute Gasteiger partial charge is 0.261 e. The summed E-state index contributed by atoms with van der Waals surface area (Å²) in [6.07, 6.45) is 5.64. The first-order valence-corrected chi connectivity index (χ1v) is 25.3. The molecule has 0 aliphatic heterocycles. The van der Waals surface area contributed by atoms with Crippen LogP contribution in [0.3, 0.4) is 0 Å². The molecule has 5 aromatic carbocycles. The standard InChI is InChI=1S/4C11H11N.C10H10N2.5C2H6/c1-8-3-6-11-10(7-8)5-4-9(2)12-11;1-8-3-4-11-10(7-8)9(2)5-6-12-11;1-8-3-4-10-9(2)5-6-12-11(10)7-8;1-8-7-12-9(2)11-6-4-3-5-10(8)11;1-7-9-5-3-4-6-10(9)12-8(2)11-7;5*1-2/h4*3-7H,1-2H3;3-6H,1-2H3;5*1-2H3. The maximum atomic E-state index is 4.42. The van der Waals surface area contributed by atoms with Crippen LogP contribution in [0.1, 0.15) is 126 Å². The summed E-state index contributed by atoms with van der Waals surface area (Å²) in [4.78, 5) is 25.9. The second kappa shape index (κ2) is 33.6. The molecule has 0 aliphatic rings. The molecule has 5 aromatic heterocycles. The molecule has 0 atom stereocenters. The summed E-state index contributed by atoms with van der Waals surface area (Å²) in [5.74, 6) is 0.839. The topological polar surface area (TPSA) is 77.3 Å². The summed E-state index contributed by atoms with van der Waals surface area (Å²) in [7, 11) is 0. The molecule has 0 amide bonds. The molecular formula is C64H84N6. The lowest BCUT2D eigenvalue weighted by atomic mass is 10.1. The van der Waals surface area contributed by atoms with Crippen molar-refractivity contribution in [2.75, 3.05) is 0 Å². The predicted octanol–water partition coefficient (Wildman–Crippen LogP) is 18.8. The normalized spacial score (nSPS) is 9.43. The van der Waals surface area contributed by atoms with Crippen molar-refractivity contribution in [1.29, 1.82) is 0 Å². The number of hydrogen-bond donors (Lipinski definition) is 0. The van der Waals surface area contributed by atoms with Gasteiger partial charge in [0.15, 0.2) is 0 Å². The fourth-order valence-electron chi connectivity index (χ4n) is 7.00. The van der Waals surface area contributed by atoms with Gasteiger partial charge in [-0.3, -0.25) is 19.9 Å². The summed E-state index contributed by atoms with van der Waals surface area (Å²) in [5.41, 5.74) is 15.2. The Kier molecular flexibility index (Phi) is 29.3. The van der Waals surface area contributed by atoms with Gasteiger partial charge in [-0.1, -0.05) is 153 Å². The van der Waals surface area contributed by atoms with E-state index < -0.39 is 0 Å². The van der Waals surface area contributed by atoms with Gasteiger partial charge in [-0.25, -0.2) is 9.97 Å². The third-order valence-corrected chi connectivity index (χ3v) is 10.3. The lowest BCUT2D eigenvalue weighted by Crippen LogP contribution is -1.92. The molecule has 5 heterocycles. The van der Waals surface area contributed by atoms with E-state index in [4.69, 9.17) is 0 Å². The van der Waals surface area contributed by atoms with E-state index in [0.717, 1.165) is 50.4 Å². The Hall–Kier alpha value is -6.92. The Labute approximate surface area is 423 Å². The van der Waals surface area contributed by atoms with Gasteiger partial charge in [0, 0.05) is 62.6 Å². The molecule has 370 valence electrons. The fourth-order valence-corrected chi connectivity index (χ4v) is 7.00. The molecule has 0 fully saturated rings. The SMILES string of the molecule is CC.CC.CC.CC.CC.Cc1ccc2c(C)ccnc2c1.Cc1ccc2nc(C)ccc2c1.Cc1ccc2nccc(C)c2c1.Cc1cnc(C)c2ccccc12.Cc1nc(C)c2ccccc2n1. The highest BCUT2D eigenvalue weighted by Crippen LogP contribution is 2.20. The third-order valence-electron chi connectivity index (χ3n) is 10.3. The number of rotatable bonds is 0. The summed E-state index contributed by atoms with van der Waals surface area (Å²) < 4.78 is 0. The molecule has 10 rings (SSSR count). The minimum Gasteiger partial charge on any atom is -0.261 e. The zero-order chi connectivity index (χ0) is 52.8.